The zero-order valence-electron chi connectivity index (χ0n) is 25.4. The van der Waals surface area contributed by atoms with Crippen LogP contribution < -0.4 is 10.2 Å². The molecule has 1 atom stereocenters. The maximum atomic E-state index is 13.4. The Balaban J connectivity index is 1.09. The van der Waals surface area contributed by atoms with Crippen molar-refractivity contribution in [3.8, 4) is 0 Å². The summed E-state index contributed by atoms with van der Waals surface area (Å²) in [6.07, 6.45) is 2.75. The molecule has 2 aliphatic heterocycles. The second-order valence-electron chi connectivity index (χ2n) is 11.2. The molecule has 5 aromatic rings. The lowest BCUT2D eigenvalue weighted by atomic mass is 9.94. The number of carbonyl (C=O) groups is 3. The number of methoxy groups -OCH3 is 1. The Kier molecular flexibility index (Phi) is 8.10. The van der Waals surface area contributed by atoms with Crippen LogP contribution in [-0.4, -0.2) is 63.3 Å². The molecule has 12 heteroatoms. The molecule has 0 spiro atoms. The van der Waals surface area contributed by atoms with Crippen LogP contribution in [0.25, 0.3) is 15.8 Å². The number of carbonyl (C=O) groups excluding carboxylic acids is 2. The molecule has 4 heterocycles. The average molecular weight is 647 g/mol. The van der Waals surface area contributed by atoms with E-state index in [0.29, 0.717) is 28.4 Å². The Morgan fingerprint density at radius 1 is 0.957 bits per heavy atom. The fourth-order valence-electron chi connectivity index (χ4n) is 6.08. The SMILES string of the molecule is COC(=O)C(c1ccccc1)N1CC(c2ccc(N3CCc4cccc(C(=O)Nc5nc6ccccc6s5)c4C3)nc2)=CN1C(=O)O. The highest BCUT2D eigenvalue weighted by Gasteiger charge is 2.39. The first-order valence-electron chi connectivity index (χ1n) is 15.0. The van der Waals surface area contributed by atoms with Crippen molar-refractivity contribution in [1.29, 1.82) is 0 Å². The maximum absolute atomic E-state index is 13.4. The number of nitrogens with zero attached hydrogens (tertiary/aromatic N) is 5. The van der Waals surface area contributed by atoms with Gasteiger partial charge >= 0.3 is 12.1 Å². The van der Waals surface area contributed by atoms with Crippen LogP contribution in [0.15, 0.2) is 97.3 Å². The highest BCUT2D eigenvalue weighted by molar-refractivity contribution is 7.22. The number of amides is 2. The number of rotatable bonds is 7. The minimum atomic E-state index is -1.22. The smallest absolute Gasteiger partial charge is 0.426 e. The lowest BCUT2D eigenvalue weighted by Gasteiger charge is -2.31. The minimum Gasteiger partial charge on any atom is -0.468 e. The molecular formula is C35H30N6O5S. The van der Waals surface area contributed by atoms with Gasteiger partial charge in [-0.15, -0.1) is 0 Å². The van der Waals surface area contributed by atoms with Gasteiger partial charge in [0, 0.05) is 37.6 Å². The van der Waals surface area contributed by atoms with E-state index in [1.54, 1.807) is 30.5 Å². The third-order valence-corrected chi connectivity index (χ3v) is 9.35. The van der Waals surface area contributed by atoms with Gasteiger partial charge in [-0.3, -0.25) is 10.1 Å². The van der Waals surface area contributed by atoms with E-state index < -0.39 is 18.1 Å². The number of esters is 1. The first kappa shape index (κ1) is 30.1. The standard InChI is InChI=1S/C35H30N6O5S/c1-46-33(43)31(23-8-3-2-4-9-23)40-19-25(20-41(40)35(44)45)24-14-15-30(36-18-24)39-17-16-22-10-7-11-26(27(22)21-39)32(42)38-34-37-28-12-5-6-13-29(28)47-34/h2-15,18,20,31H,16-17,19,21H2,1H3,(H,44,45)(H,37,38,42). The van der Waals surface area contributed by atoms with E-state index in [1.165, 1.54) is 29.7 Å². The molecule has 0 saturated heterocycles. The third kappa shape index (κ3) is 5.91. The van der Waals surface area contributed by atoms with Gasteiger partial charge < -0.3 is 14.7 Å². The molecule has 7 rings (SSSR count). The molecular weight excluding hydrogens is 616 g/mol. The van der Waals surface area contributed by atoms with Gasteiger partial charge in [-0.25, -0.2) is 24.6 Å². The van der Waals surface area contributed by atoms with Crippen LogP contribution in [0.3, 0.4) is 0 Å². The van der Waals surface area contributed by atoms with E-state index in [0.717, 1.165) is 50.7 Å². The number of pyridine rings is 1. The Hall–Kier alpha value is -5.59. The number of nitrogens with one attached hydrogen (secondary N) is 1. The van der Waals surface area contributed by atoms with Crippen molar-refractivity contribution in [2.24, 2.45) is 0 Å². The molecule has 2 N–H and O–H groups in total. The van der Waals surface area contributed by atoms with Gasteiger partial charge in [0.15, 0.2) is 11.2 Å². The van der Waals surface area contributed by atoms with Crippen molar-refractivity contribution in [2.75, 3.05) is 30.4 Å². The van der Waals surface area contributed by atoms with Gasteiger partial charge in [0.2, 0.25) is 0 Å². The van der Waals surface area contributed by atoms with Crippen LogP contribution >= 0.6 is 11.3 Å². The lowest BCUT2D eigenvalue weighted by molar-refractivity contribution is -0.151. The number of para-hydroxylation sites is 1. The normalized spacial score (nSPS) is 15.2. The average Bonchev–Trinajstić information content (AvgIpc) is 3.73. The summed E-state index contributed by atoms with van der Waals surface area (Å²) in [6.45, 7) is 1.39. The van der Waals surface area contributed by atoms with Crippen LogP contribution in [0.1, 0.15) is 38.7 Å². The maximum Gasteiger partial charge on any atom is 0.426 e. The Labute approximate surface area is 274 Å². The van der Waals surface area contributed by atoms with Gasteiger partial charge in [-0.1, -0.05) is 65.9 Å². The molecule has 0 aliphatic carbocycles. The van der Waals surface area contributed by atoms with Crippen molar-refractivity contribution >= 4 is 56.0 Å². The molecule has 2 amide bonds. The van der Waals surface area contributed by atoms with E-state index in [2.05, 4.69) is 21.3 Å². The summed E-state index contributed by atoms with van der Waals surface area (Å²) in [7, 11) is 1.29. The molecule has 0 radical (unpaired) electrons. The predicted molar refractivity (Wildman–Crippen MR) is 179 cm³/mol. The molecule has 11 nitrogen and oxygen atoms in total. The fourth-order valence-corrected chi connectivity index (χ4v) is 6.94. The number of anilines is 2. The first-order chi connectivity index (χ1) is 22.9. The largest absolute Gasteiger partial charge is 0.468 e. The summed E-state index contributed by atoms with van der Waals surface area (Å²) in [5.41, 5.74) is 5.56. The van der Waals surface area contributed by atoms with E-state index in [4.69, 9.17) is 9.72 Å². The van der Waals surface area contributed by atoms with E-state index >= 15 is 0 Å². The molecule has 3 aromatic carbocycles. The first-order valence-corrected chi connectivity index (χ1v) is 15.8. The van der Waals surface area contributed by atoms with E-state index in [9.17, 15) is 19.5 Å². The fraction of sp³-hybridized carbons (Fsp3) is 0.171. The number of benzene rings is 3. The number of carboxylic acid groups (broad SMARTS) is 1. The quantitative estimate of drug-likeness (QED) is 0.206. The number of hydrogen-bond donors (Lipinski definition) is 2. The predicted octanol–water partition coefficient (Wildman–Crippen LogP) is 5.97. The minimum absolute atomic E-state index is 0.159. The molecule has 2 aliphatic rings. The van der Waals surface area contributed by atoms with Crippen molar-refractivity contribution in [3.63, 3.8) is 0 Å². The number of fused-ring (bicyclic) bond motifs is 2. The zero-order valence-corrected chi connectivity index (χ0v) is 26.2. The Morgan fingerprint density at radius 2 is 1.77 bits per heavy atom. The topological polar surface area (TPSA) is 128 Å². The van der Waals surface area contributed by atoms with Crippen LogP contribution in [0.4, 0.5) is 15.7 Å². The molecule has 0 saturated carbocycles. The lowest BCUT2D eigenvalue weighted by Crippen LogP contribution is -2.44. The van der Waals surface area contributed by atoms with Crippen LogP contribution in [0, 0.1) is 0 Å². The van der Waals surface area contributed by atoms with Crippen molar-refractivity contribution in [3.05, 3.63) is 125 Å². The number of thiazole rings is 1. The number of hydrazine groups is 1. The molecule has 236 valence electrons. The summed E-state index contributed by atoms with van der Waals surface area (Å²) < 4.78 is 6.06. The highest BCUT2D eigenvalue weighted by Crippen LogP contribution is 2.34. The van der Waals surface area contributed by atoms with Gasteiger partial charge in [-0.2, -0.15) is 5.01 Å². The van der Waals surface area contributed by atoms with Gasteiger partial charge in [0.1, 0.15) is 5.82 Å². The molecule has 1 unspecified atom stereocenters. The van der Waals surface area contributed by atoms with Gasteiger partial charge in [0.25, 0.3) is 5.91 Å². The van der Waals surface area contributed by atoms with Crippen molar-refractivity contribution < 1.29 is 24.2 Å². The van der Waals surface area contributed by atoms with Crippen LogP contribution in [0.5, 0.6) is 0 Å². The highest BCUT2D eigenvalue weighted by atomic mass is 32.1. The van der Waals surface area contributed by atoms with Crippen molar-refractivity contribution in [1.82, 2.24) is 20.0 Å². The summed E-state index contributed by atoms with van der Waals surface area (Å²) in [5, 5.41) is 16.0. The summed E-state index contributed by atoms with van der Waals surface area (Å²) in [6, 6.07) is 25.4. The zero-order chi connectivity index (χ0) is 32.5. The second-order valence-corrected chi connectivity index (χ2v) is 12.2. The second kappa shape index (κ2) is 12.7. The molecule has 0 fully saturated rings. The van der Waals surface area contributed by atoms with Crippen molar-refractivity contribution in [2.45, 2.75) is 19.0 Å². The number of aromatic nitrogens is 2. The van der Waals surface area contributed by atoms with Crippen LogP contribution in [-0.2, 0) is 22.5 Å². The summed E-state index contributed by atoms with van der Waals surface area (Å²) in [5.74, 6) is -0.0281. The van der Waals surface area contributed by atoms with E-state index in [1.807, 2.05) is 54.6 Å². The van der Waals surface area contributed by atoms with E-state index in [-0.39, 0.29) is 12.5 Å². The summed E-state index contributed by atoms with van der Waals surface area (Å²) >= 11 is 1.44. The number of hydrogen-bond acceptors (Lipinski definition) is 9. The monoisotopic (exact) mass is 646 g/mol. The Morgan fingerprint density at radius 3 is 2.51 bits per heavy atom. The van der Waals surface area contributed by atoms with Gasteiger partial charge in [-0.05, 0) is 64.6 Å². The molecule has 0 bridgehead atoms. The number of ether oxygens (including phenoxy) is 1. The molecule has 2 aromatic heterocycles. The Bertz CT molecular complexity index is 1980. The van der Waals surface area contributed by atoms with Crippen LogP contribution in [0.2, 0.25) is 0 Å². The molecule has 47 heavy (non-hydrogen) atoms. The summed E-state index contributed by atoms with van der Waals surface area (Å²) in [4.78, 5) is 50.0. The van der Waals surface area contributed by atoms with Gasteiger partial charge in [0.05, 0.1) is 17.3 Å². The third-order valence-electron chi connectivity index (χ3n) is 8.40.